The number of nitrogens with one attached hydrogen (secondary N) is 1. The summed E-state index contributed by atoms with van der Waals surface area (Å²) in [6.45, 7) is 1.38. The van der Waals surface area contributed by atoms with E-state index in [0.717, 1.165) is 38.8 Å². The van der Waals surface area contributed by atoms with E-state index in [4.69, 9.17) is 0 Å². The third kappa shape index (κ3) is 2.81. The van der Waals surface area contributed by atoms with Crippen LogP contribution in [-0.4, -0.2) is 33.4 Å². The maximum Gasteiger partial charge on any atom is 0.317 e. The van der Waals surface area contributed by atoms with Crippen molar-refractivity contribution in [2.24, 2.45) is 0 Å². The van der Waals surface area contributed by atoms with Crippen LogP contribution < -0.4 is 11.1 Å². The van der Waals surface area contributed by atoms with Gasteiger partial charge in [0.05, 0.1) is 11.0 Å². The van der Waals surface area contributed by atoms with Gasteiger partial charge in [-0.3, -0.25) is 19.0 Å². The minimum atomic E-state index is -0.692. The molecule has 0 bridgehead atoms. The van der Waals surface area contributed by atoms with Gasteiger partial charge in [-0.15, -0.1) is 0 Å². The van der Waals surface area contributed by atoms with Crippen molar-refractivity contribution >= 4 is 16.9 Å². The summed E-state index contributed by atoms with van der Waals surface area (Å²) in [7, 11) is 0. The first kappa shape index (κ1) is 14.6. The zero-order valence-corrected chi connectivity index (χ0v) is 12.4. The summed E-state index contributed by atoms with van der Waals surface area (Å²) >= 11 is 0. The summed E-state index contributed by atoms with van der Waals surface area (Å²) in [5, 5.41) is 0. The average molecular weight is 301 g/mol. The van der Waals surface area contributed by atoms with Crippen molar-refractivity contribution in [3.05, 3.63) is 45.0 Å². The third-order valence-electron chi connectivity index (χ3n) is 4.13. The standard InChI is InChI=1S/C16H19N3O3/c20-14(18-9-5-1-2-6-10-18)11-19-13-8-4-3-7-12(13)17-15(21)16(19)22/h3-4,7-8H,1-2,5-6,9-11H2,(H,17,21). The molecule has 1 saturated heterocycles. The highest BCUT2D eigenvalue weighted by atomic mass is 16.2. The number of carbonyl (C=O) groups is 1. The Labute approximate surface area is 127 Å². The van der Waals surface area contributed by atoms with Crippen LogP contribution in [0.15, 0.2) is 33.9 Å². The Morgan fingerprint density at radius 2 is 1.73 bits per heavy atom. The lowest BCUT2D eigenvalue weighted by molar-refractivity contribution is -0.131. The maximum absolute atomic E-state index is 12.5. The van der Waals surface area contributed by atoms with Gasteiger partial charge in [0, 0.05) is 13.1 Å². The predicted molar refractivity (Wildman–Crippen MR) is 83.9 cm³/mol. The number of amides is 1. The fourth-order valence-electron chi connectivity index (χ4n) is 2.93. The predicted octanol–water partition coefficient (Wildman–Crippen LogP) is 1.09. The van der Waals surface area contributed by atoms with E-state index in [1.165, 1.54) is 4.57 Å². The van der Waals surface area contributed by atoms with Crippen molar-refractivity contribution in [3.63, 3.8) is 0 Å². The van der Waals surface area contributed by atoms with Crippen LogP contribution in [0.25, 0.3) is 11.0 Å². The number of carbonyl (C=O) groups excluding carboxylic acids is 1. The van der Waals surface area contributed by atoms with E-state index in [-0.39, 0.29) is 12.5 Å². The molecule has 3 rings (SSSR count). The summed E-state index contributed by atoms with van der Waals surface area (Å²) in [4.78, 5) is 40.7. The molecule has 0 spiro atoms. The van der Waals surface area contributed by atoms with Gasteiger partial charge in [-0.1, -0.05) is 25.0 Å². The molecule has 2 aromatic rings. The van der Waals surface area contributed by atoms with Crippen molar-refractivity contribution in [2.75, 3.05) is 13.1 Å². The number of hydrogen-bond acceptors (Lipinski definition) is 3. The van der Waals surface area contributed by atoms with Crippen LogP contribution in [0, 0.1) is 0 Å². The van der Waals surface area contributed by atoms with E-state index in [1.54, 1.807) is 29.2 Å². The van der Waals surface area contributed by atoms with Gasteiger partial charge in [0.15, 0.2) is 0 Å². The number of H-pyrrole nitrogens is 1. The summed E-state index contributed by atoms with van der Waals surface area (Å²) in [6, 6.07) is 7.03. The Morgan fingerprint density at radius 1 is 1.05 bits per heavy atom. The van der Waals surface area contributed by atoms with Crippen LogP contribution in [0.4, 0.5) is 0 Å². The minimum Gasteiger partial charge on any atom is -0.341 e. The van der Waals surface area contributed by atoms with Gasteiger partial charge in [0.25, 0.3) is 0 Å². The van der Waals surface area contributed by atoms with Gasteiger partial charge in [-0.25, -0.2) is 0 Å². The number of fused-ring (bicyclic) bond motifs is 1. The largest absolute Gasteiger partial charge is 0.341 e. The van der Waals surface area contributed by atoms with E-state index in [9.17, 15) is 14.4 Å². The van der Waals surface area contributed by atoms with Crippen molar-refractivity contribution < 1.29 is 4.79 Å². The third-order valence-corrected chi connectivity index (χ3v) is 4.13. The van der Waals surface area contributed by atoms with Crippen molar-refractivity contribution in [1.82, 2.24) is 14.5 Å². The summed E-state index contributed by atoms with van der Waals surface area (Å²) in [6.07, 6.45) is 4.27. The molecule has 1 aliphatic rings. The molecule has 1 fully saturated rings. The van der Waals surface area contributed by atoms with Gasteiger partial charge >= 0.3 is 11.1 Å². The molecule has 1 N–H and O–H groups in total. The van der Waals surface area contributed by atoms with Crippen LogP contribution in [0.3, 0.4) is 0 Å². The van der Waals surface area contributed by atoms with Crippen molar-refractivity contribution in [3.8, 4) is 0 Å². The number of nitrogens with zero attached hydrogens (tertiary/aromatic N) is 2. The lowest BCUT2D eigenvalue weighted by Crippen LogP contribution is -2.42. The van der Waals surface area contributed by atoms with Crippen LogP contribution in [0.1, 0.15) is 25.7 Å². The van der Waals surface area contributed by atoms with Crippen LogP contribution in [0.5, 0.6) is 0 Å². The number of likely N-dealkylation sites (tertiary alicyclic amines) is 1. The first-order chi connectivity index (χ1) is 10.7. The van der Waals surface area contributed by atoms with Crippen LogP contribution in [0.2, 0.25) is 0 Å². The Kier molecular flexibility index (Phi) is 4.09. The lowest BCUT2D eigenvalue weighted by atomic mass is 10.2. The summed E-state index contributed by atoms with van der Waals surface area (Å²) in [5.41, 5.74) is -0.227. The van der Waals surface area contributed by atoms with Gasteiger partial charge in [-0.05, 0) is 25.0 Å². The Hall–Kier alpha value is -2.37. The van der Waals surface area contributed by atoms with Gasteiger partial charge in [0.2, 0.25) is 5.91 Å². The molecule has 2 heterocycles. The van der Waals surface area contributed by atoms with Gasteiger partial charge in [-0.2, -0.15) is 0 Å². The molecule has 6 nitrogen and oxygen atoms in total. The number of aromatic amines is 1. The van der Waals surface area contributed by atoms with E-state index in [2.05, 4.69) is 4.98 Å². The molecule has 0 saturated carbocycles. The molecule has 0 unspecified atom stereocenters. The zero-order chi connectivity index (χ0) is 15.5. The molecular weight excluding hydrogens is 282 g/mol. The zero-order valence-electron chi connectivity index (χ0n) is 12.4. The fraction of sp³-hybridized carbons (Fsp3) is 0.438. The molecule has 1 amide bonds. The van der Waals surface area contributed by atoms with E-state index >= 15 is 0 Å². The fourth-order valence-corrected chi connectivity index (χ4v) is 2.93. The molecule has 1 aromatic carbocycles. The number of benzene rings is 1. The first-order valence-electron chi connectivity index (χ1n) is 7.66. The number of aromatic nitrogens is 2. The topological polar surface area (TPSA) is 75.2 Å². The van der Waals surface area contributed by atoms with Crippen molar-refractivity contribution in [2.45, 2.75) is 32.2 Å². The van der Waals surface area contributed by atoms with Crippen molar-refractivity contribution in [1.29, 1.82) is 0 Å². The normalized spacial score (nSPS) is 15.7. The first-order valence-corrected chi connectivity index (χ1v) is 7.66. The lowest BCUT2D eigenvalue weighted by Gasteiger charge is -2.21. The minimum absolute atomic E-state index is 0.0801. The summed E-state index contributed by atoms with van der Waals surface area (Å²) in [5.74, 6) is -0.0975. The molecule has 0 atom stereocenters. The number of rotatable bonds is 2. The van der Waals surface area contributed by atoms with E-state index in [0.29, 0.717) is 11.0 Å². The van der Waals surface area contributed by atoms with Crippen LogP contribution >= 0.6 is 0 Å². The van der Waals surface area contributed by atoms with Crippen LogP contribution in [-0.2, 0) is 11.3 Å². The van der Waals surface area contributed by atoms with Gasteiger partial charge < -0.3 is 9.88 Å². The second kappa shape index (κ2) is 6.17. The quantitative estimate of drug-likeness (QED) is 0.844. The second-order valence-electron chi connectivity index (χ2n) is 5.66. The molecule has 1 aliphatic heterocycles. The molecule has 22 heavy (non-hydrogen) atoms. The maximum atomic E-state index is 12.5. The number of para-hydroxylation sites is 2. The van der Waals surface area contributed by atoms with E-state index < -0.39 is 11.1 Å². The molecular formula is C16H19N3O3. The molecule has 6 heteroatoms. The molecule has 0 aliphatic carbocycles. The molecule has 0 radical (unpaired) electrons. The Balaban J connectivity index is 1.96. The highest BCUT2D eigenvalue weighted by molar-refractivity contribution is 5.80. The smallest absolute Gasteiger partial charge is 0.317 e. The summed E-state index contributed by atoms with van der Waals surface area (Å²) < 4.78 is 1.28. The Bertz CT molecular complexity index is 798. The SMILES string of the molecule is O=C(Cn1c(=O)c(=O)[nH]c2ccccc21)N1CCCCCC1. The monoisotopic (exact) mass is 301 g/mol. The average Bonchev–Trinajstić information content (AvgIpc) is 2.81. The van der Waals surface area contributed by atoms with Gasteiger partial charge in [0.1, 0.15) is 6.54 Å². The molecule has 116 valence electrons. The number of hydrogen-bond donors (Lipinski definition) is 1. The highest BCUT2D eigenvalue weighted by Gasteiger charge is 2.18. The highest BCUT2D eigenvalue weighted by Crippen LogP contribution is 2.11. The second-order valence-corrected chi connectivity index (χ2v) is 5.66. The molecule has 1 aromatic heterocycles. The van der Waals surface area contributed by atoms with E-state index in [1.807, 2.05) is 0 Å². The Morgan fingerprint density at radius 3 is 2.45 bits per heavy atom.